The van der Waals surface area contributed by atoms with Crippen LogP contribution in [0.2, 0.25) is 0 Å². The fourth-order valence-corrected chi connectivity index (χ4v) is 3.29. The number of likely N-dealkylation sites (tertiary alicyclic amines) is 1. The van der Waals surface area contributed by atoms with Gasteiger partial charge in [0.2, 0.25) is 12.7 Å². The van der Waals surface area contributed by atoms with Crippen LogP contribution in [-0.2, 0) is 4.79 Å². The number of carbonyl (C=O) groups excluding carboxylic acids is 2. The fraction of sp³-hybridized carbons (Fsp3) is 0.556. The van der Waals surface area contributed by atoms with Gasteiger partial charge < -0.3 is 20.1 Å². The van der Waals surface area contributed by atoms with Gasteiger partial charge in [0.15, 0.2) is 11.5 Å². The highest BCUT2D eigenvalue weighted by Crippen LogP contribution is 2.34. The minimum absolute atomic E-state index is 0. The quantitative estimate of drug-likeness (QED) is 0.676. The summed E-state index contributed by atoms with van der Waals surface area (Å²) in [6, 6.07) is 4.55. The van der Waals surface area contributed by atoms with E-state index in [4.69, 9.17) is 9.47 Å². The van der Waals surface area contributed by atoms with Gasteiger partial charge in [-0.05, 0) is 64.0 Å². The molecule has 2 aliphatic heterocycles. The average Bonchev–Trinajstić information content (AvgIpc) is 3.08. The molecule has 0 atom stereocenters. The lowest BCUT2D eigenvalue weighted by molar-refractivity contribution is -0.121. The third-order valence-corrected chi connectivity index (χ3v) is 4.76. The Balaban J connectivity index is 0.00000261. The van der Waals surface area contributed by atoms with Gasteiger partial charge in [0.1, 0.15) is 0 Å². The number of carbonyl (C=O) groups is 2. The molecule has 3 amide bonds. The molecule has 0 radical (unpaired) electrons. The topological polar surface area (TPSA) is 91.9 Å². The highest BCUT2D eigenvalue weighted by atomic mass is 35.5. The lowest BCUT2D eigenvalue weighted by Gasteiger charge is -2.31. The molecule has 1 saturated heterocycles. The number of nitrogens with zero attached hydrogens (tertiary/aromatic N) is 1. The molecule has 0 aromatic heterocycles. The predicted molar refractivity (Wildman–Crippen MR) is 105 cm³/mol. The van der Waals surface area contributed by atoms with Crippen LogP contribution >= 0.6 is 12.4 Å². The second-order valence-electron chi connectivity index (χ2n) is 6.68. The second-order valence-corrected chi connectivity index (χ2v) is 6.68. The van der Waals surface area contributed by atoms with Gasteiger partial charge in [-0.1, -0.05) is 0 Å². The van der Waals surface area contributed by atoms with E-state index in [1.54, 1.807) is 18.2 Å². The molecule has 27 heavy (non-hydrogen) atoms. The van der Waals surface area contributed by atoms with Gasteiger partial charge in [-0.3, -0.25) is 15.0 Å². The Morgan fingerprint density at radius 2 is 1.93 bits per heavy atom. The number of imide groups is 1. The molecular formula is C18H27ClN4O4. The zero-order valence-corrected chi connectivity index (χ0v) is 16.3. The number of benzene rings is 1. The average molecular weight is 399 g/mol. The van der Waals surface area contributed by atoms with Crippen LogP contribution in [0.4, 0.5) is 10.5 Å². The lowest BCUT2D eigenvalue weighted by Crippen LogP contribution is -2.44. The van der Waals surface area contributed by atoms with E-state index in [2.05, 4.69) is 20.9 Å². The number of halogens is 1. The minimum atomic E-state index is -0.544. The van der Waals surface area contributed by atoms with Gasteiger partial charge in [0, 0.05) is 11.8 Å². The van der Waals surface area contributed by atoms with Crippen LogP contribution in [0.5, 0.6) is 11.5 Å². The third-order valence-electron chi connectivity index (χ3n) is 4.76. The number of urea groups is 1. The number of ether oxygens (including phenoxy) is 2. The molecule has 9 heteroatoms. The van der Waals surface area contributed by atoms with Gasteiger partial charge >= 0.3 is 6.03 Å². The first-order chi connectivity index (χ1) is 12.6. The van der Waals surface area contributed by atoms with Crippen molar-refractivity contribution < 1.29 is 19.1 Å². The first kappa shape index (κ1) is 21.3. The minimum Gasteiger partial charge on any atom is -0.454 e. The van der Waals surface area contributed by atoms with Crippen molar-refractivity contribution in [1.29, 1.82) is 0 Å². The van der Waals surface area contributed by atoms with Crippen molar-refractivity contribution in [3.8, 4) is 11.5 Å². The van der Waals surface area contributed by atoms with Crippen LogP contribution < -0.4 is 25.4 Å². The summed E-state index contributed by atoms with van der Waals surface area (Å²) in [4.78, 5) is 26.2. The second kappa shape index (κ2) is 10.3. The number of fused-ring (bicyclic) bond motifs is 1. The van der Waals surface area contributed by atoms with E-state index >= 15 is 0 Å². The van der Waals surface area contributed by atoms with Crippen molar-refractivity contribution in [2.24, 2.45) is 5.92 Å². The molecule has 3 rings (SSSR count). The summed E-state index contributed by atoms with van der Waals surface area (Å²) in [5, 5.41) is 8.19. The summed E-state index contributed by atoms with van der Waals surface area (Å²) >= 11 is 0. The van der Waals surface area contributed by atoms with Crippen LogP contribution in [0.15, 0.2) is 18.2 Å². The SMILES string of the molecule is CNCCC1CCN(CC(=O)NC(=O)Nc2ccc3c(c2)OCO3)CC1.Cl. The third kappa shape index (κ3) is 6.27. The lowest BCUT2D eigenvalue weighted by atomic mass is 9.93. The Morgan fingerprint density at radius 3 is 2.67 bits per heavy atom. The van der Waals surface area contributed by atoms with Crippen LogP contribution in [0, 0.1) is 5.92 Å². The van der Waals surface area contributed by atoms with Crippen LogP contribution in [0.1, 0.15) is 19.3 Å². The maximum absolute atomic E-state index is 12.1. The van der Waals surface area contributed by atoms with Crippen molar-refractivity contribution in [1.82, 2.24) is 15.5 Å². The Kier molecular flexibility index (Phi) is 8.15. The summed E-state index contributed by atoms with van der Waals surface area (Å²) in [5.41, 5.74) is 0.546. The highest BCUT2D eigenvalue weighted by molar-refractivity contribution is 6.01. The Morgan fingerprint density at radius 1 is 1.19 bits per heavy atom. The molecule has 8 nitrogen and oxygen atoms in total. The molecule has 1 fully saturated rings. The first-order valence-electron chi connectivity index (χ1n) is 9.01. The molecule has 0 aliphatic carbocycles. The largest absolute Gasteiger partial charge is 0.454 e. The Bertz CT molecular complexity index is 650. The van der Waals surface area contributed by atoms with Gasteiger partial charge in [-0.2, -0.15) is 0 Å². The molecule has 0 unspecified atom stereocenters. The summed E-state index contributed by atoms with van der Waals surface area (Å²) in [7, 11) is 1.97. The molecule has 0 spiro atoms. The zero-order chi connectivity index (χ0) is 18.4. The van der Waals surface area contributed by atoms with E-state index in [-0.39, 0.29) is 31.7 Å². The molecule has 1 aromatic rings. The first-order valence-corrected chi connectivity index (χ1v) is 9.01. The predicted octanol–water partition coefficient (Wildman–Crippen LogP) is 1.81. The molecule has 2 heterocycles. The number of rotatable bonds is 6. The van der Waals surface area contributed by atoms with Crippen molar-refractivity contribution >= 4 is 30.0 Å². The summed E-state index contributed by atoms with van der Waals surface area (Å²) in [5.74, 6) is 1.65. The molecule has 0 saturated carbocycles. The Hall–Kier alpha value is -2.03. The summed E-state index contributed by atoms with van der Waals surface area (Å²) < 4.78 is 10.5. The summed E-state index contributed by atoms with van der Waals surface area (Å²) in [6.45, 7) is 3.24. The number of piperidine rings is 1. The van der Waals surface area contributed by atoms with E-state index in [0.717, 1.165) is 38.4 Å². The monoisotopic (exact) mass is 398 g/mol. The fourth-order valence-electron chi connectivity index (χ4n) is 3.29. The van der Waals surface area contributed by atoms with Crippen molar-refractivity contribution in [3.63, 3.8) is 0 Å². The van der Waals surface area contributed by atoms with E-state index in [1.807, 2.05) is 7.05 Å². The van der Waals surface area contributed by atoms with Crippen molar-refractivity contribution in [3.05, 3.63) is 18.2 Å². The normalized spacial score (nSPS) is 16.5. The van der Waals surface area contributed by atoms with Gasteiger partial charge in [0.05, 0.1) is 6.54 Å². The molecule has 2 aliphatic rings. The number of hydrogen-bond acceptors (Lipinski definition) is 6. The van der Waals surface area contributed by atoms with E-state index in [0.29, 0.717) is 17.2 Å². The van der Waals surface area contributed by atoms with Gasteiger partial charge in [-0.25, -0.2) is 4.79 Å². The van der Waals surface area contributed by atoms with Crippen molar-refractivity contribution in [2.75, 3.05) is 45.3 Å². The van der Waals surface area contributed by atoms with E-state index in [9.17, 15) is 9.59 Å². The van der Waals surface area contributed by atoms with Crippen LogP contribution in [-0.4, -0.2) is 56.9 Å². The number of anilines is 1. The van der Waals surface area contributed by atoms with E-state index in [1.165, 1.54) is 6.42 Å². The number of nitrogens with one attached hydrogen (secondary N) is 3. The molecular weight excluding hydrogens is 372 g/mol. The standard InChI is InChI=1S/C18H26N4O4.ClH/c1-19-7-4-13-5-8-22(9-6-13)11-17(23)21-18(24)20-14-2-3-15-16(10-14)26-12-25-15;/h2-3,10,13,19H,4-9,11-12H2,1H3,(H2,20,21,23,24);1H. The van der Waals surface area contributed by atoms with Crippen LogP contribution in [0.25, 0.3) is 0 Å². The summed E-state index contributed by atoms with van der Waals surface area (Å²) in [6.07, 6.45) is 3.37. The zero-order valence-electron chi connectivity index (χ0n) is 15.5. The smallest absolute Gasteiger partial charge is 0.325 e. The Labute approximate surface area is 165 Å². The highest BCUT2D eigenvalue weighted by Gasteiger charge is 2.21. The van der Waals surface area contributed by atoms with Gasteiger partial charge in [-0.15, -0.1) is 12.4 Å². The number of hydrogen-bond donors (Lipinski definition) is 3. The maximum Gasteiger partial charge on any atom is 0.325 e. The molecule has 150 valence electrons. The van der Waals surface area contributed by atoms with Crippen molar-refractivity contribution in [2.45, 2.75) is 19.3 Å². The number of amides is 3. The molecule has 1 aromatic carbocycles. The molecule has 3 N–H and O–H groups in total. The van der Waals surface area contributed by atoms with Crippen LogP contribution in [0.3, 0.4) is 0 Å². The maximum atomic E-state index is 12.1. The van der Waals surface area contributed by atoms with Gasteiger partial charge in [0.25, 0.3) is 0 Å². The molecule has 0 bridgehead atoms. The van der Waals surface area contributed by atoms with E-state index < -0.39 is 6.03 Å².